The Kier molecular flexibility index (Phi) is 73.5. The molecule has 3 N–H and O–H groups in total. The Labute approximate surface area is 642 Å². The van der Waals surface area contributed by atoms with Crippen LogP contribution in [0.15, 0.2) is 170 Å². The molecule has 0 bridgehead atoms. The zero-order valence-electron chi connectivity index (χ0n) is 65.8. The molecule has 602 valence electrons. The van der Waals surface area contributed by atoms with Crippen molar-refractivity contribution in [3.8, 4) is 0 Å². The SMILES string of the molecule is CC/C=C\C/C=C\C/C=C\C/C=C\C/C=C\CCCCCC(=O)OCC(COP(=O)(O)OCC(O)COP(=O)(O)OCC(COC(=O)CCCCCCCCC/C=C\C/C=C\C/C=C\CC)OC(=O)CCCCCCC/C=C\CCCCCC)OC(=O)CCC/C=C\C/C=C\C/C=C\C/C=C\C/C=C\CC. The smallest absolute Gasteiger partial charge is 0.462 e. The molecular weight excluding hydrogens is 1380 g/mol. The molecule has 0 aromatic heterocycles. The third-order valence-electron chi connectivity index (χ3n) is 16.2. The van der Waals surface area contributed by atoms with E-state index in [1.54, 1.807) is 0 Å². The highest BCUT2D eigenvalue weighted by molar-refractivity contribution is 7.47. The van der Waals surface area contributed by atoms with Crippen LogP contribution >= 0.6 is 15.6 Å². The number of allylic oxidation sites excluding steroid dienone is 28. The highest BCUT2D eigenvalue weighted by atomic mass is 31.2. The summed E-state index contributed by atoms with van der Waals surface area (Å²) < 4.78 is 68.6. The average molecular weight is 1520 g/mol. The molecule has 0 rings (SSSR count). The summed E-state index contributed by atoms with van der Waals surface area (Å²) in [7, 11) is -10.0. The van der Waals surface area contributed by atoms with Gasteiger partial charge in [0, 0.05) is 25.7 Å². The molecule has 0 aliphatic heterocycles. The number of phosphoric ester groups is 2. The number of phosphoric acid groups is 2. The maximum atomic E-state index is 13.1. The molecule has 0 saturated heterocycles. The summed E-state index contributed by atoms with van der Waals surface area (Å²) in [5.41, 5.74) is 0. The van der Waals surface area contributed by atoms with Gasteiger partial charge in [0.2, 0.25) is 0 Å². The molecule has 0 amide bonds. The number of carbonyl (C=O) groups excluding carboxylic acids is 4. The molecule has 0 aliphatic rings. The summed E-state index contributed by atoms with van der Waals surface area (Å²) >= 11 is 0. The van der Waals surface area contributed by atoms with Crippen LogP contribution in [0.1, 0.15) is 297 Å². The Balaban J connectivity index is 5.47. The first-order chi connectivity index (χ1) is 51.7. The van der Waals surface area contributed by atoms with E-state index in [0.29, 0.717) is 32.1 Å². The van der Waals surface area contributed by atoms with Crippen molar-refractivity contribution in [2.75, 3.05) is 39.6 Å². The number of hydrogen-bond donors (Lipinski definition) is 3. The maximum absolute atomic E-state index is 13.1. The number of ether oxygens (including phenoxy) is 4. The van der Waals surface area contributed by atoms with Gasteiger partial charge < -0.3 is 33.8 Å². The number of carbonyl (C=O) groups is 4. The molecule has 0 heterocycles. The van der Waals surface area contributed by atoms with Crippen LogP contribution < -0.4 is 0 Å². The fourth-order valence-corrected chi connectivity index (χ4v) is 11.7. The highest BCUT2D eigenvalue weighted by Gasteiger charge is 2.30. The van der Waals surface area contributed by atoms with E-state index in [1.807, 2.05) is 12.2 Å². The van der Waals surface area contributed by atoms with E-state index in [1.165, 1.54) is 25.7 Å². The predicted molar refractivity (Wildman–Crippen MR) is 436 cm³/mol. The molecule has 5 atom stereocenters. The van der Waals surface area contributed by atoms with Crippen LogP contribution in [0.4, 0.5) is 0 Å². The molecule has 0 radical (unpaired) electrons. The third kappa shape index (κ3) is 76.6. The molecule has 17 nitrogen and oxygen atoms in total. The van der Waals surface area contributed by atoms with Crippen LogP contribution in [0.5, 0.6) is 0 Å². The number of aliphatic hydroxyl groups excluding tert-OH is 1. The lowest BCUT2D eigenvalue weighted by atomic mass is 10.1. The number of unbranched alkanes of at least 4 members (excludes halogenated alkanes) is 20. The van der Waals surface area contributed by atoms with E-state index in [2.05, 4.69) is 186 Å². The number of hydrogen-bond acceptors (Lipinski definition) is 15. The number of aliphatic hydroxyl groups is 1. The van der Waals surface area contributed by atoms with Crippen molar-refractivity contribution < 1.29 is 80.2 Å². The van der Waals surface area contributed by atoms with Gasteiger partial charge in [0.25, 0.3) is 0 Å². The zero-order chi connectivity index (χ0) is 77.4. The van der Waals surface area contributed by atoms with Crippen molar-refractivity contribution in [1.82, 2.24) is 0 Å². The summed E-state index contributed by atoms with van der Waals surface area (Å²) in [6.45, 7) is 4.39. The summed E-state index contributed by atoms with van der Waals surface area (Å²) in [5, 5.41) is 10.6. The van der Waals surface area contributed by atoms with Crippen molar-refractivity contribution >= 4 is 39.5 Å². The summed E-state index contributed by atoms with van der Waals surface area (Å²) in [4.78, 5) is 73.1. The molecule has 0 aliphatic carbocycles. The fraction of sp³-hybridized carbons (Fsp3) is 0.632. The molecule has 0 aromatic carbocycles. The zero-order valence-corrected chi connectivity index (χ0v) is 67.6. The second kappa shape index (κ2) is 77.6. The topological polar surface area (TPSA) is 237 Å². The number of rotatable bonds is 74. The number of esters is 4. The molecule has 0 spiro atoms. The molecule has 0 fully saturated rings. The second-order valence-corrected chi connectivity index (χ2v) is 29.1. The van der Waals surface area contributed by atoms with Crippen LogP contribution in [0.3, 0.4) is 0 Å². The minimum Gasteiger partial charge on any atom is -0.462 e. The Hall–Kier alpha value is -5.58. The van der Waals surface area contributed by atoms with E-state index >= 15 is 0 Å². The minimum atomic E-state index is -5.01. The van der Waals surface area contributed by atoms with Gasteiger partial charge in [-0.1, -0.05) is 275 Å². The van der Waals surface area contributed by atoms with Crippen LogP contribution in [-0.4, -0.2) is 96.7 Å². The van der Waals surface area contributed by atoms with Crippen LogP contribution in [-0.2, 0) is 65.4 Å². The Morgan fingerprint density at radius 2 is 0.500 bits per heavy atom. The van der Waals surface area contributed by atoms with Gasteiger partial charge in [0.05, 0.1) is 26.4 Å². The van der Waals surface area contributed by atoms with Crippen molar-refractivity contribution in [3.05, 3.63) is 170 Å². The largest absolute Gasteiger partial charge is 0.472 e. The molecule has 19 heteroatoms. The lowest BCUT2D eigenvalue weighted by molar-refractivity contribution is -0.161. The molecule has 0 saturated carbocycles. The minimum absolute atomic E-state index is 0.00263. The Morgan fingerprint density at radius 1 is 0.274 bits per heavy atom. The van der Waals surface area contributed by atoms with E-state index in [0.717, 1.165) is 186 Å². The van der Waals surface area contributed by atoms with Crippen molar-refractivity contribution in [1.29, 1.82) is 0 Å². The van der Waals surface area contributed by atoms with Gasteiger partial charge in [0.15, 0.2) is 12.2 Å². The van der Waals surface area contributed by atoms with Crippen molar-refractivity contribution in [2.45, 2.75) is 316 Å². The third-order valence-corrected chi connectivity index (χ3v) is 18.1. The van der Waals surface area contributed by atoms with Crippen LogP contribution in [0, 0.1) is 0 Å². The van der Waals surface area contributed by atoms with E-state index in [9.17, 15) is 43.2 Å². The van der Waals surface area contributed by atoms with Gasteiger partial charge in [-0.2, -0.15) is 0 Å². The van der Waals surface area contributed by atoms with Gasteiger partial charge in [-0.05, 0) is 167 Å². The van der Waals surface area contributed by atoms with E-state index < -0.39 is 97.5 Å². The quantitative estimate of drug-likeness (QED) is 0.0169. The van der Waals surface area contributed by atoms with Gasteiger partial charge >= 0.3 is 39.5 Å². The maximum Gasteiger partial charge on any atom is 0.472 e. The Morgan fingerprint density at radius 3 is 0.811 bits per heavy atom. The monoisotopic (exact) mass is 1520 g/mol. The molecule has 5 unspecified atom stereocenters. The van der Waals surface area contributed by atoms with Crippen LogP contribution in [0.2, 0.25) is 0 Å². The first-order valence-corrected chi connectivity index (χ1v) is 43.4. The lowest BCUT2D eigenvalue weighted by Gasteiger charge is -2.21. The normalized spacial score (nSPS) is 14.7. The second-order valence-electron chi connectivity index (χ2n) is 26.2. The molecular formula is C87H142O17P2. The lowest BCUT2D eigenvalue weighted by Crippen LogP contribution is -2.30. The highest BCUT2D eigenvalue weighted by Crippen LogP contribution is 2.45. The van der Waals surface area contributed by atoms with Gasteiger partial charge in [-0.25, -0.2) is 9.13 Å². The first-order valence-electron chi connectivity index (χ1n) is 40.4. The van der Waals surface area contributed by atoms with Crippen molar-refractivity contribution in [2.24, 2.45) is 0 Å². The van der Waals surface area contributed by atoms with Gasteiger partial charge in [-0.3, -0.25) is 37.3 Å². The summed E-state index contributed by atoms with van der Waals surface area (Å²) in [6.07, 6.45) is 91.9. The molecule has 106 heavy (non-hydrogen) atoms. The fourth-order valence-electron chi connectivity index (χ4n) is 10.1. The standard InChI is InChI=1S/C87H142O17P2/c1-5-9-13-17-21-25-29-33-36-39-40-43-45-49-52-56-60-64-68-72-85(90)98-78-83(104-87(92)74-70-66-62-58-54-50-46-42-38-35-31-27-23-19-15-11-7-3)80-102-106(95,96)100-76-81(88)75-99-105(93,94)101-79-82(103-86(91)73-69-65-61-57-53-47-32-28-24-20-16-12-8-4)77-97-84(89)71-67-63-59-55-51-48-44-41-37-34-30-26-22-18-14-10-6-2/h9-11,13-15,21-23,25-28,32-38,40,43,46,49-50,52,58,62,81-83,88H,5-8,12,16-20,24,29-31,39,41-42,44-45,47-48,51,53-57,59-61,63-80H2,1-4H3,(H,93,94)(H,95,96)/b13-9-,14-10-,15-11-,25-21-,26-22-,27-23-,32-28-,36-33-,37-34-,38-35-,43-40-,50-46-,52-49-,62-58-. The average Bonchev–Trinajstić information content (AvgIpc) is 0.907. The van der Waals surface area contributed by atoms with E-state index in [-0.39, 0.29) is 25.7 Å². The van der Waals surface area contributed by atoms with E-state index in [4.69, 9.17) is 37.0 Å². The van der Waals surface area contributed by atoms with Crippen LogP contribution in [0.25, 0.3) is 0 Å². The Bertz CT molecular complexity index is 2680. The van der Waals surface area contributed by atoms with Gasteiger partial charge in [-0.15, -0.1) is 0 Å². The predicted octanol–water partition coefficient (Wildman–Crippen LogP) is 23.8. The summed E-state index contributed by atoms with van der Waals surface area (Å²) in [5.74, 6) is -2.31. The van der Waals surface area contributed by atoms with Gasteiger partial charge in [0.1, 0.15) is 19.3 Å². The van der Waals surface area contributed by atoms with Crippen molar-refractivity contribution in [3.63, 3.8) is 0 Å². The first kappa shape index (κ1) is 100. The summed E-state index contributed by atoms with van der Waals surface area (Å²) in [6, 6.07) is 0. The molecule has 0 aromatic rings.